The predicted octanol–water partition coefficient (Wildman–Crippen LogP) is 3.88. The third kappa shape index (κ3) is 4.36. The Balaban J connectivity index is 2.09. The van der Waals surface area contributed by atoms with Crippen LogP contribution in [0, 0.1) is 17.7 Å². The van der Waals surface area contributed by atoms with Crippen LogP contribution < -0.4 is 10.1 Å². The van der Waals surface area contributed by atoms with Crippen LogP contribution in [0.2, 0.25) is 5.02 Å². The van der Waals surface area contributed by atoms with Gasteiger partial charge in [0.25, 0.3) is 0 Å². The number of hydrogen-bond acceptors (Lipinski definition) is 2. The Morgan fingerprint density at radius 2 is 2.21 bits per heavy atom. The topological polar surface area (TPSA) is 21.3 Å². The molecule has 1 aliphatic rings. The van der Waals surface area contributed by atoms with Crippen molar-refractivity contribution in [1.82, 2.24) is 5.32 Å². The molecule has 0 radical (unpaired) electrons. The molecule has 0 amide bonds. The number of hydrogen-bond donors (Lipinski definition) is 1. The minimum absolute atomic E-state index is 0.118. The average molecular weight is 286 g/mol. The Morgan fingerprint density at radius 1 is 1.42 bits per heavy atom. The van der Waals surface area contributed by atoms with Gasteiger partial charge in [0.1, 0.15) is 17.7 Å². The van der Waals surface area contributed by atoms with Crippen LogP contribution in [-0.4, -0.2) is 19.2 Å². The third-order valence-corrected chi connectivity index (χ3v) is 3.67. The van der Waals surface area contributed by atoms with Gasteiger partial charge in [-0.15, -0.1) is 0 Å². The molecule has 106 valence electrons. The molecule has 0 aromatic heterocycles. The monoisotopic (exact) mass is 285 g/mol. The second-order valence-electron chi connectivity index (χ2n) is 5.64. The van der Waals surface area contributed by atoms with Gasteiger partial charge >= 0.3 is 0 Å². The van der Waals surface area contributed by atoms with Crippen molar-refractivity contribution in [3.8, 4) is 5.75 Å². The van der Waals surface area contributed by atoms with Crippen LogP contribution in [0.15, 0.2) is 18.2 Å². The van der Waals surface area contributed by atoms with E-state index in [0.29, 0.717) is 22.6 Å². The van der Waals surface area contributed by atoms with Crippen molar-refractivity contribution < 1.29 is 9.13 Å². The quantitative estimate of drug-likeness (QED) is 0.886. The molecular formula is C15H21ClFNO. The molecule has 0 spiro atoms. The van der Waals surface area contributed by atoms with Crippen molar-refractivity contribution in [1.29, 1.82) is 0 Å². The highest BCUT2D eigenvalue weighted by Gasteiger charge is 2.27. The van der Waals surface area contributed by atoms with E-state index in [1.54, 1.807) is 6.07 Å². The van der Waals surface area contributed by atoms with Crippen LogP contribution in [0.4, 0.5) is 4.39 Å². The lowest BCUT2D eigenvalue weighted by atomic mass is 9.93. The van der Waals surface area contributed by atoms with E-state index in [1.807, 2.05) is 0 Å². The summed E-state index contributed by atoms with van der Waals surface area (Å²) in [6.07, 6.45) is 2.20. The Labute approximate surface area is 119 Å². The van der Waals surface area contributed by atoms with E-state index in [0.717, 1.165) is 25.9 Å². The van der Waals surface area contributed by atoms with E-state index in [-0.39, 0.29) is 11.9 Å². The summed E-state index contributed by atoms with van der Waals surface area (Å²) in [5.74, 6) is 1.22. The average Bonchev–Trinajstić information content (AvgIpc) is 2.79. The molecule has 0 unspecified atom stereocenters. The van der Waals surface area contributed by atoms with E-state index >= 15 is 0 Å². The Morgan fingerprint density at radius 3 is 2.79 bits per heavy atom. The highest BCUT2D eigenvalue weighted by molar-refractivity contribution is 6.30. The standard InChI is InChI=1S/C15H21ClFNO/c1-10(2)5-15(11-3-4-18-9-11)19-14-7-12(16)6-13(17)8-14/h6-8,10-11,15,18H,3-5,9H2,1-2H3/t11-,15-/m0/s1. The van der Waals surface area contributed by atoms with E-state index in [1.165, 1.54) is 12.1 Å². The lowest BCUT2D eigenvalue weighted by Crippen LogP contribution is -2.30. The maximum atomic E-state index is 13.3. The van der Waals surface area contributed by atoms with Gasteiger partial charge in [-0.1, -0.05) is 25.4 Å². The summed E-state index contributed by atoms with van der Waals surface area (Å²) in [4.78, 5) is 0. The van der Waals surface area contributed by atoms with E-state index in [4.69, 9.17) is 16.3 Å². The lowest BCUT2D eigenvalue weighted by Gasteiger charge is -2.26. The fourth-order valence-corrected chi connectivity index (χ4v) is 2.78. The molecule has 1 aromatic rings. The first kappa shape index (κ1) is 14.6. The molecule has 1 N–H and O–H groups in total. The maximum absolute atomic E-state index is 13.3. The van der Waals surface area contributed by atoms with Gasteiger partial charge in [-0.3, -0.25) is 0 Å². The molecule has 0 bridgehead atoms. The Bertz CT molecular complexity index is 398. The van der Waals surface area contributed by atoms with Crippen LogP contribution in [0.5, 0.6) is 5.75 Å². The molecule has 2 nitrogen and oxygen atoms in total. The first-order valence-corrected chi connectivity index (χ1v) is 7.26. The van der Waals surface area contributed by atoms with Gasteiger partial charge in [0.05, 0.1) is 0 Å². The van der Waals surface area contributed by atoms with E-state index in [2.05, 4.69) is 19.2 Å². The SMILES string of the molecule is CC(C)C[C@H](Oc1cc(F)cc(Cl)c1)[C@H]1CCNC1. The van der Waals surface area contributed by atoms with Crippen molar-refractivity contribution in [2.45, 2.75) is 32.8 Å². The van der Waals surface area contributed by atoms with Crippen LogP contribution >= 0.6 is 11.6 Å². The van der Waals surface area contributed by atoms with Crippen molar-refractivity contribution in [3.05, 3.63) is 29.0 Å². The maximum Gasteiger partial charge on any atom is 0.128 e. The zero-order valence-electron chi connectivity index (χ0n) is 11.5. The van der Waals surface area contributed by atoms with Crippen molar-refractivity contribution in [2.75, 3.05) is 13.1 Å². The number of halogens is 2. The summed E-state index contributed by atoms with van der Waals surface area (Å²) in [5, 5.41) is 3.73. The fourth-order valence-electron chi connectivity index (χ4n) is 2.57. The molecule has 1 aliphatic heterocycles. The normalized spacial score (nSPS) is 20.8. The largest absolute Gasteiger partial charge is 0.490 e. The molecule has 0 saturated carbocycles. The predicted molar refractivity (Wildman–Crippen MR) is 76.3 cm³/mol. The van der Waals surface area contributed by atoms with Gasteiger partial charge in [0, 0.05) is 23.6 Å². The van der Waals surface area contributed by atoms with E-state index in [9.17, 15) is 4.39 Å². The molecule has 0 aliphatic carbocycles. The van der Waals surface area contributed by atoms with Crippen molar-refractivity contribution in [2.24, 2.45) is 11.8 Å². The summed E-state index contributed by atoms with van der Waals surface area (Å²) in [7, 11) is 0. The Kier molecular flexibility index (Phi) is 5.06. The summed E-state index contributed by atoms with van der Waals surface area (Å²) in [6, 6.07) is 4.38. The first-order valence-electron chi connectivity index (χ1n) is 6.88. The summed E-state index contributed by atoms with van der Waals surface area (Å²) >= 11 is 5.87. The molecule has 4 heteroatoms. The zero-order chi connectivity index (χ0) is 13.8. The minimum Gasteiger partial charge on any atom is -0.490 e. The Hall–Kier alpha value is -0.800. The molecule has 19 heavy (non-hydrogen) atoms. The molecule has 2 rings (SSSR count). The highest BCUT2D eigenvalue weighted by Crippen LogP contribution is 2.27. The number of nitrogens with one attached hydrogen (secondary N) is 1. The smallest absolute Gasteiger partial charge is 0.128 e. The molecule has 1 saturated heterocycles. The van der Waals surface area contributed by atoms with Gasteiger partial charge in [-0.25, -0.2) is 4.39 Å². The molecule has 1 aromatic carbocycles. The summed E-state index contributed by atoms with van der Waals surface area (Å²) in [5.41, 5.74) is 0. The third-order valence-electron chi connectivity index (χ3n) is 3.45. The molecule has 1 fully saturated rings. The fraction of sp³-hybridized carbons (Fsp3) is 0.600. The number of rotatable bonds is 5. The number of benzene rings is 1. The van der Waals surface area contributed by atoms with Gasteiger partial charge in [-0.05, 0) is 37.4 Å². The van der Waals surface area contributed by atoms with Crippen LogP contribution in [0.25, 0.3) is 0 Å². The summed E-state index contributed by atoms with van der Waals surface area (Å²) < 4.78 is 19.3. The van der Waals surface area contributed by atoms with Gasteiger partial charge in [0.15, 0.2) is 0 Å². The molecule has 2 atom stereocenters. The second-order valence-corrected chi connectivity index (χ2v) is 6.08. The second kappa shape index (κ2) is 6.58. The van der Waals surface area contributed by atoms with Gasteiger partial charge in [-0.2, -0.15) is 0 Å². The van der Waals surface area contributed by atoms with Crippen LogP contribution in [0.3, 0.4) is 0 Å². The number of ether oxygens (including phenoxy) is 1. The summed E-state index contributed by atoms with van der Waals surface area (Å²) in [6.45, 7) is 6.36. The lowest BCUT2D eigenvalue weighted by molar-refractivity contribution is 0.119. The van der Waals surface area contributed by atoms with Crippen LogP contribution in [0.1, 0.15) is 26.7 Å². The first-order chi connectivity index (χ1) is 9.04. The minimum atomic E-state index is -0.352. The van der Waals surface area contributed by atoms with Crippen molar-refractivity contribution in [3.63, 3.8) is 0 Å². The molecular weight excluding hydrogens is 265 g/mol. The van der Waals surface area contributed by atoms with E-state index < -0.39 is 0 Å². The zero-order valence-corrected chi connectivity index (χ0v) is 12.2. The van der Waals surface area contributed by atoms with Gasteiger partial charge < -0.3 is 10.1 Å². The van der Waals surface area contributed by atoms with Crippen LogP contribution in [-0.2, 0) is 0 Å². The highest BCUT2D eigenvalue weighted by atomic mass is 35.5. The van der Waals surface area contributed by atoms with Gasteiger partial charge in [0.2, 0.25) is 0 Å². The molecule has 1 heterocycles. The van der Waals surface area contributed by atoms with Crippen molar-refractivity contribution >= 4 is 11.6 Å².